The topological polar surface area (TPSA) is 43.4 Å². The van der Waals surface area contributed by atoms with Crippen LogP contribution < -0.4 is 0 Å². The second-order valence-corrected chi connectivity index (χ2v) is 9.52. The van der Waals surface area contributed by atoms with Gasteiger partial charge in [-0.1, -0.05) is 50.6 Å². The quantitative estimate of drug-likeness (QED) is 0.358. The van der Waals surface area contributed by atoms with E-state index in [1.54, 1.807) is 18.3 Å². The molecule has 0 radical (unpaired) electrons. The highest BCUT2D eigenvalue weighted by molar-refractivity contribution is 7.12. The smallest absolute Gasteiger partial charge is 0.306 e. The molecule has 2 rings (SSSR count). The van der Waals surface area contributed by atoms with Crippen LogP contribution in [0.2, 0.25) is 0 Å². The molecule has 152 valence electrons. The van der Waals surface area contributed by atoms with Gasteiger partial charge in [-0.2, -0.15) is 0 Å². The lowest BCUT2D eigenvalue weighted by Gasteiger charge is -2.22. The van der Waals surface area contributed by atoms with E-state index in [4.69, 9.17) is 4.74 Å². The van der Waals surface area contributed by atoms with Gasteiger partial charge in [-0.3, -0.25) is 9.59 Å². The average Bonchev–Trinajstić information content (AvgIpc) is 2.98. The van der Waals surface area contributed by atoms with Crippen LogP contribution in [-0.2, 0) is 9.53 Å². The van der Waals surface area contributed by atoms with Crippen LogP contribution in [0.1, 0.15) is 84.1 Å². The Balaban J connectivity index is 2.19. The van der Waals surface area contributed by atoms with Crippen LogP contribution in [0.5, 0.6) is 0 Å². The largest absolute Gasteiger partial charge is 0.466 e. The molecule has 0 amide bonds. The number of Topliss-reactive ketones (excluding diaryl/α,β-unsaturated/α-hetero) is 1. The van der Waals surface area contributed by atoms with Crippen LogP contribution in [0.25, 0.3) is 0 Å². The van der Waals surface area contributed by atoms with Crippen LogP contribution in [0.15, 0.2) is 30.3 Å². The minimum absolute atomic E-state index is 0.105. The third kappa shape index (κ3) is 5.78. The van der Waals surface area contributed by atoms with Gasteiger partial charge in [-0.15, -0.1) is 11.3 Å². The van der Waals surface area contributed by atoms with E-state index < -0.39 is 5.41 Å². The molecule has 1 heterocycles. The lowest BCUT2D eigenvalue weighted by molar-refractivity contribution is -0.145. The van der Waals surface area contributed by atoms with Crippen LogP contribution >= 0.6 is 11.3 Å². The molecule has 1 atom stereocenters. The van der Waals surface area contributed by atoms with Gasteiger partial charge < -0.3 is 4.74 Å². The summed E-state index contributed by atoms with van der Waals surface area (Å²) in [6.45, 7) is 12.4. The van der Waals surface area contributed by atoms with Crippen molar-refractivity contribution in [3.63, 3.8) is 0 Å². The van der Waals surface area contributed by atoms with E-state index in [0.29, 0.717) is 18.9 Å². The summed E-state index contributed by atoms with van der Waals surface area (Å²) in [5, 5.41) is 0. The maximum absolute atomic E-state index is 13.0. The predicted octanol–water partition coefficient (Wildman–Crippen LogP) is 6.46. The first-order valence-corrected chi connectivity index (χ1v) is 10.8. The maximum atomic E-state index is 13.0. The van der Waals surface area contributed by atoms with Crippen molar-refractivity contribution in [2.24, 2.45) is 5.41 Å². The first-order chi connectivity index (χ1) is 13.2. The number of thiophene rings is 1. The Bertz CT molecular complexity index is 815. The van der Waals surface area contributed by atoms with Gasteiger partial charge in [-0.05, 0) is 44.2 Å². The van der Waals surface area contributed by atoms with E-state index >= 15 is 0 Å². The summed E-state index contributed by atoms with van der Waals surface area (Å²) >= 11 is 1.71. The fourth-order valence-electron chi connectivity index (χ4n) is 3.55. The number of rotatable bonds is 9. The first kappa shape index (κ1) is 22.4. The Morgan fingerprint density at radius 3 is 2.29 bits per heavy atom. The van der Waals surface area contributed by atoms with Crippen LogP contribution in [0.4, 0.5) is 0 Å². The van der Waals surface area contributed by atoms with E-state index in [2.05, 4.69) is 44.2 Å². The van der Waals surface area contributed by atoms with E-state index in [1.807, 2.05) is 20.8 Å². The summed E-state index contributed by atoms with van der Waals surface area (Å²) in [7, 11) is 0. The molecular formula is C24H32O3S. The molecule has 4 heteroatoms. The van der Waals surface area contributed by atoms with Crippen LogP contribution in [0, 0.1) is 19.3 Å². The molecule has 0 N–H and O–H groups in total. The lowest BCUT2D eigenvalue weighted by atomic mass is 9.82. The van der Waals surface area contributed by atoms with Gasteiger partial charge in [0, 0.05) is 27.7 Å². The minimum Gasteiger partial charge on any atom is -0.466 e. The third-order valence-electron chi connectivity index (χ3n) is 5.04. The molecule has 28 heavy (non-hydrogen) atoms. The van der Waals surface area contributed by atoms with Gasteiger partial charge in [-0.25, -0.2) is 0 Å². The highest BCUT2D eigenvalue weighted by Crippen LogP contribution is 2.37. The molecule has 0 fully saturated rings. The Morgan fingerprint density at radius 2 is 1.71 bits per heavy atom. The van der Waals surface area contributed by atoms with Crippen molar-refractivity contribution in [2.75, 3.05) is 6.61 Å². The number of benzene rings is 1. The van der Waals surface area contributed by atoms with Crippen LogP contribution in [-0.4, -0.2) is 18.4 Å². The highest BCUT2D eigenvalue weighted by Gasteiger charge is 2.28. The van der Waals surface area contributed by atoms with Gasteiger partial charge in [0.2, 0.25) is 0 Å². The van der Waals surface area contributed by atoms with Crippen molar-refractivity contribution in [2.45, 2.75) is 66.7 Å². The minimum atomic E-state index is -0.418. The van der Waals surface area contributed by atoms with E-state index in [9.17, 15) is 9.59 Å². The van der Waals surface area contributed by atoms with Crippen molar-refractivity contribution < 1.29 is 14.3 Å². The number of hydrogen-bond donors (Lipinski definition) is 0. The zero-order valence-corrected chi connectivity index (χ0v) is 18.7. The standard InChI is InChI=1S/C24H32O3S/c1-7-19(18-11-9-16(3)10-12-18)22-13-20(17(4)28-22)21(25)14-24(5,6)15-23(26)27-8-2/h9-13,19H,7-8,14-15H2,1-6H3. The van der Waals surface area contributed by atoms with E-state index in [-0.39, 0.29) is 18.2 Å². The van der Waals surface area contributed by atoms with Crippen molar-refractivity contribution >= 4 is 23.1 Å². The third-order valence-corrected chi connectivity index (χ3v) is 6.20. The van der Waals surface area contributed by atoms with Crippen molar-refractivity contribution in [3.8, 4) is 0 Å². The predicted molar refractivity (Wildman–Crippen MR) is 116 cm³/mol. The molecule has 0 aliphatic carbocycles. The second kappa shape index (κ2) is 9.51. The molecule has 1 aromatic heterocycles. The molecule has 0 aliphatic rings. The zero-order valence-electron chi connectivity index (χ0n) is 17.9. The molecule has 1 unspecified atom stereocenters. The van der Waals surface area contributed by atoms with E-state index in [1.165, 1.54) is 16.0 Å². The molecule has 0 saturated heterocycles. The number of carbonyl (C=O) groups excluding carboxylic acids is 2. The highest BCUT2D eigenvalue weighted by atomic mass is 32.1. The van der Waals surface area contributed by atoms with E-state index in [0.717, 1.165) is 16.9 Å². The number of carbonyl (C=O) groups is 2. The SMILES string of the molecule is CCOC(=O)CC(C)(C)CC(=O)c1cc(C(CC)c2ccc(C)cc2)sc1C. The summed E-state index contributed by atoms with van der Waals surface area (Å²) < 4.78 is 5.05. The number of hydrogen-bond acceptors (Lipinski definition) is 4. The molecule has 3 nitrogen and oxygen atoms in total. The second-order valence-electron chi connectivity index (χ2n) is 8.24. The molecule has 0 bridgehead atoms. The fraction of sp³-hybridized carbons (Fsp3) is 0.500. The fourth-order valence-corrected chi connectivity index (χ4v) is 4.81. The summed E-state index contributed by atoms with van der Waals surface area (Å²) in [5.41, 5.74) is 2.91. The number of esters is 1. The van der Waals surface area contributed by atoms with Crippen molar-refractivity contribution in [1.29, 1.82) is 0 Å². The van der Waals surface area contributed by atoms with Crippen molar-refractivity contribution in [1.82, 2.24) is 0 Å². The summed E-state index contributed by atoms with van der Waals surface area (Å²) in [5.74, 6) is 0.167. The van der Waals surface area contributed by atoms with Gasteiger partial charge in [0.05, 0.1) is 13.0 Å². The van der Waals surface area contributed by atoms with Gasteiger partial charge in [0.1, 0.15) is 0 Å². The number of ketones is 1. The summed E-state index contributed by atoms with van der Waals surface area (Å²) in [4.78, 5) is 27.1. The molecule has 0 saturated carbocycles. The molecule has 1 aromatic carbocycles. The molecular weight excluding hydrogens is 368 g/mol. The maximum Gasteiger partial charge on any atom is 0.306 e. The lowest BCUT2D eigenvalue weighted by Crippen LogP contribution is -2.22. The van der Waals surface area contributed by atoms with Crippen molar-refractivity contribution in [3.05, 3.63) is 56.8 Å². The normalized spacial score (nSPS) is 12.6. The summed E-state index contributed by atoms with van der Waals surface area (Å²) in [6, 6.07) is 10.7. The Kier molecular flexibility index (Phi) is 7.59. The Hall–Kier alpha value is -1.94. The zero-order chi connectivity index (χ0) is 20.9. The Labute approximate surface area is 173 Å². The monoisotopic (exact) mass is 400 g/mol. The van der Waals surface area contributed by atoms with Gasteiger partial charge in [0.25, 0.3) is 0 Å². The van der Waals surface area contributed by atoms with Gasteiger partial charge in [0.15, 0.2) is 5.78 Å². The summed E-state index contributed by atoms with van der Waals surface area (Å²) in [6.07, 6.45) is 1.58. The van der Waals surface area contributed by atoms with Gasteiger partial charge >= 0.3 is 5.97 Å². The number of ether oxygens (including phenoxy) is 1. The molecule has 0 spiro atoms. The van der Waals surface area contributed by atoms with Crippen LogP contribution in [0.3, 0.4) is 0 Å². The first-order valence-electron chi connectivity index (χ1n) is 10.0. The number of aryl methyl sites for hydroxylation is 2. The molecule has 0 aliphatic heterocycles. The Morgan fingerprint density at radius 1 is 1.07 bits per heavy atom. The average molecular weight is 401 g/mol. The molecule has 2 aromatic rings.